The van der Waals surface area contributed by atoms with E-state index in [4.69, 9.17) is 9.15 Å². The Morgan fingerprint density at radius 2 is 1.68 bits per heavy atom. The number of carbonyl (C=O) groups is 2. The second-order valence-corrected chi connectivity index (χ2v) is 12.9. The minimum atomic E-state index is -1.26. The molecule has 1 saturated carbocycles. The van der Waals surface area contributed by atoms with Crippen molar-refractivity contribution >= 4 is 33.6 Å². The maximum Gasteiger partial charge on any atom is 0.266 e. The van der Waals surface area contributed by atoms with Crippen LogP contribution < -0.4 is 5.32 Å². The first-order chi connectivity index (χ1) is 20.0. The van der Waals surface area contributed by atoms with Crippen LogP contribution in [0.25, 0.3) is 11.1 Å². The van der Waals surface area contributed by atoms with Crippen LogP contribution in [0.4, 0.5) is 0 Å². The summed E-state index contributed by atoms with van der Waals surface area (Å²) in [6.45, 7) is 5.01. The molecule has 1 aliphatic carbocycles. The molecule has 5 rings (SSSR count). The lowest BCUT2D eigenvalue weighted by atomic mass is 9.98. The molecule has 1 saturated heterocycles. The van der Waals surface area contributed by atoms with E-state index < -0.39 is 22.9 Å². The predicted octanol–water partition coefficient (Wildman–Crippen LogP) is 4.75. The van der Waals surface area contributed by atoms with E-state index in [0.717, 1.165) is 57.6 Å². The number of fused-ring (bicyclic) bond motifs is 1. The number of aromatic nitrogens is 1. The molecule has 220 valence electrons. The van der Waals surface area contributed by atoms with Crippen molar-refractivity contribution in [2.24, 2.45) is 11.8 Å². The van der Waals surface area contributed by atoms with Gasteiger partial charge in [0.2, 0.25) is 11.7 Å². The number of nitrogens with zero attached hydrogens (tertiary/aromatic N) is 2. The molecular weight excluding hydrogens is 538 g/mol. The smallest absolute Gasteiger partial charge is 0.266 e. The van der Waals surface area contributed by atoms with Crippen molar-refractivity contribution in [1.29, 1.82) is 0 Å². The van der Waals surface area contributed by atoms with Crippen LogP contribution in [0.3, 0.4) is 0 Å². The fourth-order valence-corrected chi connectivity index (χ4v) is 6.91. The van der Waals surface area contributed by atoms with Crippen molar-refractivity contribution in [3.63, 3.8) is 0 Å². The number of ether oxygens (including phenoxy) is 1. The van der Waals surface area contributed by atoms with Gasteiger partial charge in [0.05, 0.1) is 6.04 Å². The summed E-state index contributed by atoms with van der Waals surface area (Å²) in [6, 6.07) is 15.6. The van der Waals surface area contributed by atoms with Gasteiger partial charge in [-0.15, -0.1) is 0 Å². The third-order valence-corrected chi connectivity index (χ3v) is 9.34. The quantitative estimate of drug-likeness (QED) is 0.259. The molecule has 2 heterocycles. The maximum atomic E-state index is 14.1. The predicted molar refractivity (Wildman–Crippen MR) is 160 cm³/mol. The van der Waals surface area contributed by atoms with Crippen LogP contribution in [-0.4, -0.2) is 69.9 Å². The Labute approximate surface area is 244 Å². The van der Waals surface area contributed by atoms with Gasteiger partial charge in [0, 0.05) is 48.6 Å². The van der Waals surface area contributed by atoms with E-state index in [9.17, 15) is 13.8 Å². The molecule has 3 unspecified atom stereocenters. The average molecular weight is 580 g/mol. The molecule has 2 fully saturated rings. The standard InChI is InChI=1S/C32H41N3O5S/c1-2-8-27(30(36)32-34-26-11-6-7-12-29(26)40-32)33-31(37)28(22-41(38)21-25-9-4-3-5-10-25)35(19-23-13-14-23)20-24-15-17-39-18-16-24/h3-7,9-12,23-24,27-28H,2,8,13-22H2,1H3,(H,33,37). The van der Waals surface area contributed by atoms with Crippen molar-refractivity contribution in [3.05, 3.63) is 66.1 Å². The van der Waals surface area contributed by atoms with Crippen LogP contribution in [0.2, 0.25) is 0 Å². The third kappa shape index (κ3) is 8.33. The molecular formula is C32H41N3O5S. The Hall–Kier alpha value is -2.88. The van der Waals surface area contributed by atoms with Gasteiger partial charge < -0.3 is 14.5 Å². The summed E-state index contributed by atoms with van der Waals surface area (Å²) < 4.78 is 24.8. The van der Waals surface area contributed by atoms with Crippen LogP contribution in [-0.2, 0) is 26.1 Å². The van der Waals surface area contributed by atoms with E-state index >= 15 is 0 Å². The molecule has 1 aromatic heterocycles. The van der Waals surface area contributed by atoms with E-state index in [1.54, 1.807) is 12.1 Å². The fourth-order valence-electron chi connectivity index (χ4n) is 5.52. The lowest BCUT2D eigenvalue weighted by Crippen LogP contribution is -2.55. The molecule has 41 heavy (non-hydrogen) atoms. The number of benzene rings is 2. The van der Waals surface area contributed by atoms with Gasteiger partial charge in [-0.25, -0.2) is 4.98 Å². The molecule has 1 amide bonds. The molecule has 3 atom stereocenters. The zero-order valence-corrected chi connectivity index (χ0v) is 24.7. The van der Waals surface area contributed by atoms with Gasteiger partial charge in [-0.1, -0.05) is 55.8 Å². The van der Waals surface area contributed by atoms with Crippen molar-refractivity contribution in [1.82, 2.24) is 15.2 Å². The minimum absolute atomic E-state index is 0.00574. The number of nitrogens with one attached hydrogen (secondary N) is 1. The zero-order valence-electron chi connectivity index (χ0n) is 23.8. The lowest BCUT2D eigenvalue weighted by Gasteiger charge is -2.35. The summed E-state index contributed by atoms with van der Waals surface area (Å²) in [7, 11) is -1.26. The second kappa shape index (κ2) is 14.3. The molecule has 0 bridgehead atoms. The summed E-state index contributed by atoms with van der Waals surface area (Å²) in [5.41, 5.74) is 2.13. The van der Waals surface area contributed by atoms with Crippen LogP contribution in [0.5, 0.6) is 0 Å². The number of carbonyl (C=O) groups excluding carboxylic acids is 2. The number of oxazole rings is 1. The first-order valence-electron chi connectivity index (χ1n) is 14.9. The molecule has 1 aliphatic heterocycles. The number of Topliss-reactive ketones (excluding diaryl/α,β-unsaturated/α-hetero) is 1. The van der Waals surface area contributed by atoms with E-state index in [1.165, 1.54) is 0 Å². The molecule has 2 aliphatic rings. The lowest BCUT2D eigenvalue weighted by molar-refractivity contribution is -0.126. The van der Waals surface area contributed by atoms with Crippen LogP contribution in [0, 0.1) is 11.8 Å². The minimum Gasteiger partial charge on any atom is -0.434 e. The van der Waals surface area contributed by atoms with Crippen molar-refractivity contribution in [2.45, 2.75) is 63.3 Å². The Morgan fingerprint density at radius 1 is 1.00 bits per heavy atom. The average Bonchev–Trinajstić information content (AvgIpc) is 3.70. The number of ketones is 1. The van der Waals surface area contributed by atoms with Gasteiger partial charge in [0.15, 0.2) is 5.58 Å². The SMILES string of the molecule is CCCC(NC(=O)C(CS(=O)Cc1ccccc1)N(CC1CCOCC1)CC1CC1)C(=O)c1nc2ccccc2o1. The van der Waals surface area contributed by atoms with E-state index in [1.807, 2.05) is 49.4 Å². The molecule has 9 heteroatoms. The summed E-state index contributed by atoms with van der Waals surface area (Å²) >= 11 is 0. The largest absolute Gasteiger partial charge is 0.434 e. The van der Waals surface area contributed by atoms with E-state index in [0.29, 0.717) is 41.5 Å². The Balaban J connectivity index is 1.36. The summed E-state index contributed by atoms with van der Waals surface area (Å²) in [5, 5.41) is 3.05. The van der Waals surface area contributed by atoms with E-state index in [2.05, 4.69) is 15.2 Å². The van der Waals surface area contributed by atoms with Gasteiger partial charge in [0.25, 0.3) is 5.89 Å². The highest BCUT2D eigenvalue weighted by atomic mass is 32.2. The Bertz CT molecular complexity index is 1290. The van der Waals surface area contributed by atoms with Gasteiger partial charge in [-0.05, 0) is 61.6 Å². The molecule has 2 aromatic carbocycles. The first-order valence-corrected chi connectivity index (χ1v) is 16.4. The highest BCUT2D eigenvalue weighted by Gasteiger charge is 2.36. The molecule has 8 nitrogen and oxygen atoms in total. The number of rotatable bonds is 15. The fraction of sp³-hybridized carbons (Fsp3) is 0.531. The van der Waals surface area contributed by atoms with E-state index in [-0.39, 0.29) is 23.3 Å². The van der Waals surface area contributed by atoms with Crippen LogP contribution >= 0.6 is 0 Å². The normalized spacial score (nSPS) is 18.3. The zero-order chi connectivity index (χ0) is 28.6. The number of para-hydroxylation sites is 2. The molecule has 0 spiro atoms. The highest BCUT2D eigenvalue weighted by Crippen LogP contribution is 2.31. The van der Waals surface area contributed by atoms with Gasteiger partial charge in [-0.2, -0.15) is 0 Å². The maximum absolute atomic E-state index is 14.1. The molecule has 3 aromatic rings. The number of hydrogen-bond donors (Lipinski definition) is 1. The Morgan fingerprint density at radius 3 is 2.37 bits per heavy atom. The first kappa shape index (κ1) is 29.6. The monoisotopic (exact) mass is 579 g/mol. The number of amides is 1. The molecule has 0 radical (unpaired) electrons. The number of hydrogen-bond acceptors (Lipinski definition) is 7. The topological polar surface area (TPSA) is 102 Å². The summed E-state index contributed by atoms with van der Waals surface area (Å²) in [6.07, 6.45) is 5.39. The van der Waals surface area contributed by atoms with Crippen molar-refractivity contribution in [3.8, 4) is 0 Å². The summed E-state index contributed by atoms with van der Waals surface area (Å²) in [4.78, 5) is 34.3. The third-order valence-electron chi connectivity index (χ3n) is 8.00. The summed E-state index contributed by atoms with van der Waals surface area (Å²) in [5.74, 6) is 1.01. The molecule has 1 N–H and O–H groups in total. The van der Waals surface area contributed by atoms with Crippen molar-refractivity contribution < 1.29 is 23.0 Å². The van der Waals surface area contributed by atoms with Crippen molar-refractivity contribution in [2.75, 3.05) is 32.1 Å². The highest BCUT2D eigenvalue weighted by molar-refractivity contribution is 7.84. The van der Waals surface area contributed by atoms with Gasteiger partial charge in [-0.3, -0.25) is 18.7 Å². The Kier molecular flexibility index (Phi) is 10.4. The van der Waals surface area contributed by atoms with Gasteiger partial charge >= 0.3 is 0 Å². The second-order valence-electron chi connectivity index (χ2n) is 11.4. The van der Waals surface area contributed by atoms with Crippen LogP contribution in [0.15, 0.2) is 59.0 Å². The van der Waals surface area contributed by atoms with Gasteiger partial charge in [0.1, 0.15) is 11.6 Å². The van der Waals surface area contributed by atoms with Crippen LogP contribution in [0.1, 0.15) is 61.7 Å².